The summed E-state index contributed by atoms with van der Waals surface area (Å²) in [6.45, 7) is 39.3. The summed E-state index contributed by atoms with van der Waals surface area (Å²) in [5.74, 6) is 2.40. The molecule has 6 nitrogen and oxygen atoms in total. The Bertz CT molecular complexity index is 792. The summed E-state index contributed by atoms with van der Waals surface area (Å²) >= 11 is 0. The van der Waals surface area contributed by atoms with Gasteiger partial charge < -0.3 is 24.7 Å². The van der Waals surface area contributed by atoms with Gasteiger partial charge in [-0.3, -0.25) is 0 Å². The SMILES string of the molecule is C[SiH]O[Si](C)(C)O[Si](C)(C)CCC1CC(CC[Si](C)(C)O[Si](C)(C)O[SiH](C)C)CC(CC[Si](C)(C)O[Si](C)(C)O[SiH](C)C)C1. The van der Waals surface area contributed by atoms with Crippen LogP contribution in [0.5, 0.6) is 0 Å². The molecule has 0 bridgehead atoms. The molecule has 0 aromatic heterocycles. The summed E-state index contributed by atoms with van der Waals surface area (Å²) in [6.07, 6.45) is 8.06. The molecule has 0 heterocycles. The van der Waals surface area contributed by atoms with Gasteiger partial charge in [-0.25, -0.2) is 0 Å². The van der Waals surface area contributed by atoms with E-state index >= 15 is 0 Å². The largest absolute Gasteiger partial charge is 0.440 e. The highest BCUT2D eigenvalue weighted by atomic mass is 28.5. The van der Waals surface area contributed by atoms with E-state index in [0.717, 1.165) is 17.8 Å². The van der Waals surface area contributed by atoms with E-state index in [-0.39, 0.29) is 9.76 Å². The van der Waals surface area contributed by atoms with Gasteiger partial charge in [-0.05, 0) is 166 Å². The standard InChI is InChI=1S/C29H75O6Si9/c1-36-30-42(12,13)33-39(6,7)21-18-27-24-28(19-22-40(8,9)34-43(14,15)31-37(2)3)26-29(25-27)20-23-41(10,11)35-44(16,17)32-38(4)5/h27-29,36-38H,18-26H2,1-17H3. The van der Waals surface area contributed by atoms with E-state index in [4.69, 9.17) is 24.7 Å². The first-order valence-corrected chi connectivity index (χ1v) is 42.6. The molecule has 0 N–H and O–H groups in total. The topological polar surface area (TPSA) is 55.4 Å². The van der Waals surface area contributed by atoms with Crippen LogP contribution < -0.4 is 0 Å². The Morgan fingerprint density at radius 3 is 1.02 bits per heavy atom. The third kappa shape index (κ3) is 19.6. The van der Waals surface area contributed by atoms with Crippen LogP contribution in [-0.4, -0.2) is 78.5 Å². The maximum atomic E-state index is 6.86. The number of hydrogen-bond donors (Lipinski definition) is 0. The monoisotopic (exact) mass is 771 g/mol. The van der Waals surface area contributed by atoms with Crippen LogP contribution in [0.2, 0.25) is 129 Å². The molecule has 0 spiro atoms. The van der Waals surface area contributed by atoms with E-state index in [1.807, 2.05) is 0 Å². The summed E-state index contributed by atoms with van der Waals surface area (Å²) in [6, 6.07) is 3.74. The Labute approximate surface area is 287 Å². The molecule has 1 saturated carbocycles. The summed E-state index contributed by atoms with van der Waals surface area (Å²) in [5, 5.41) is 0. The lowest BCUT2D eigenvalue weighted by atomic mass is 9.72. The first kappa shape index (κ1) is 43.7. The fourth-order valence-electron chi connectivity index (χ4n) is 7.71. The summed E-state index contributed by atoms with van der Waals surface area (Å²) in [7, 11) is -13.6. The van der Waals surface area contributed by atoms with Crippen molar-refractivity contribution in [3.05, 3.63) is 0 Å². The molecule has 1 rings (SSSR count). The van der Waals surface area contributed by atoms with Gasteiger partial charge in [0.25, 0.3) is 0 Å². The minimum Gasteiger partial charge on any atom is -0.440 e. The molecule has 44 heavy (non-hydrogen) atoms. The Hall–Kier alpha value is 1.71. The fourth-order valence-corrected chi connectivity index (χ4v) is 41.4. The van der Waals surface area contributed by atoms with Crippen molar-refractivity contribution in [2.45, 2.75) is 168 Å². The van der Waals surface area contributed by atoms with E-state index in [1.54, 1.807) is 0 Å². The lowest BCUT2D eigenvalue weighted by molar-refractivity contribution is 0.179. The predicted octanol–water partition coefficient (Wildman–Crippen LogP) is 9.38. The van der Waals surface area contributed by atoms with E-state index in [0.29, 0.717) is 0 Å². The molecule has 2 atom stereocenters. The van der Waals surface area contributed by atoms with Crippen LogP contribution in [0.1, 0.15) is 38.5 Å². The highest BCUT2D eigenvalue weighted by molar-refractivity contribution is 6.85. The number of rotatable bonds is 21. The Morgan fingerprint density at radius 2 is 0.773 bits per heavy atom. The molecule has 15 heteroatoms. The smallest absolute Gasteiger partial charge is 0.310 e. The molecule has 2 unspecified atom stereocenters. The van der Waals surface area contributed by atoms with Gasteiger partial charge in [-0.15, -0.1) is 0 Å². The summed E-state index contributed by atoms with van der Waals surface area (Å²) in [5.41, 5.74) is 0. The molecule has 0 aromatic rings. The van der Waals surface area contributed by atoms with Crippen molar-refractivity contribution in [2.24, 2.45) is 17.8 Å². The molecule has 1 aliphatic carbocycles. The van der Waals surface area contributed by atoms with Gasteiger partial charge in [0.1, 0.15) is 0 Å². The molecule has 1 aliphatic rings. The van der Waals surface area contributed by atoms with Gasteiger partial charge in [0, 0.05) is 0 Å². The zero-order valence-electron chi connectivity index (χ0n) is 32.3. The third-order valence-electron chi connectivity index (χ3n) is 8.47. The molecule has 263 valence electrons. The minimum absolute atomic E-state index is 0.0371. The van der Waals surface area contributed by atoms with Gasteiger partial charge in [-0.1, -0.05) is 19.3 Å². The average Bonchev–Trinajstić information content (AvgIpc) is 2.76. The van der Waals surface area contributed by atoms with E-state index < -0.39 is 68.7 Å². The first-order valence-electron chi connectivity index (χ1n) is 17.7. The van der Waals surface area contributed by atoms with Crippen molar-refractivity contribution >= 4 is 78.5 Å². The van der Waals surface area contributed by atoms with Crippen LogP contribution in [0.15, 0.2) is 0 Å². The molecule has 0 aliphatic heterocycles. The molecular formula is C29H75O6Si9. The van der Waals surface area contributed by atoms with Crippen molar-refractivity contribution in [1.29, 1.82) is 0 Å². The highest BCUT2D eigenvalue weighted by Gasteiger charge is 2.40. The predicted molar refractivity (Wildman–Crippen MR) is 215 cm³/mol. The van der Waals surface area contributed by atoms with Gasteiger partial charge in [0.2, 0.25) is 0 Å². The van der Waals surface area contributed by atoms with Crippen LogP contribution in [0, 0.1) is 17.8 Å². The molecule has 0 aromatic carbocycles. The lowest BCUT2D eigenvalue weighted by Crippen LogP contribution is -2.48. The average molecular weight is 773 g/mol. The van der Waals surface area contributed by atoms with E-state index in [9.17, 15) is 0 Å². The van der Waals surface area contributed by atoms with Crippen LogP contribution in [-0.2, 0) is 24.7 Å². The highest BCUT2D eigenvalue weighted by Crippen LogP contribution is 2.43. The van der Waals surface area contributed by atoms with Crippen molar-refractivity contribution < 1.29 is 24.7 Å². The summed E-state index contributed by atoms with van der Waals surface area (Å²) < 4.78 is 39.4. The lowest BCUT2D eigenvalue weighted by Gasteiger charge is -2.40. The quantitative estimate of drug-likeness (QED) is 0.109. The maximum Gasteiger partial charge on any atom is 0.310 e. The minimum atomic E-state index is -2.04. The second-order valence-corrected chi connectivity index (χ2v) is 47.8. The van der Waals surface area contributed by atoms with Crippen LogP contribution >= 0.6 is 0 Å². The normalized spacial score (nSPS) is 21.5. The van der Waals surface area contributed by atoms with Crippen LogP contribution in [0.4, 0.5) is 0 Å². The van der Waals surface area contributed by atoms with E-state index in [1.165, 1.54) is 56.7 Å². The first-order chi connectivity index (χ1) is 19.7. The Morgan fingerprint density at radius 1 is 0.500 bits per heavy atom. The van der Waals surface area contributed by atoms with Gasteiger partial charge in [0.15, 0.2) is 52.8 Å². The zero-order chi connectivity index (χ0) is 34.2. The Balaban J connectivity index is 2.97. The fraction of sp³-hybridized carbons (Fsp3) is 1.00. The van der Waals surface area contributed by atoms with Crippen molar-refractivity contribution in [1.82, 2.24) is 0 Å². The molecule has 1 radical (unpaired) electrons. The van der Waals surface area contributed by atoms with Gasteiger partial charge in [0.05, 0.1) is 0 Å². The Kier molecular flexibility index (Phi) is 18.0. The second kappa shape index (κ2) is 18.1. The van der Waals surface area contributed by atoms with Gasteiger partial charge >= 0.3 is 25.7 Å². The van der Waals surface area contributed by atoms with Crippen LogP contribution in [0.3, 0.4) is 0 Å². The van der Waals surface area contributed by atoms with Crippen LogP contribution in [0.25, 0.3) is 0 Å². The maximum absolute atomic E-state index is 6.86. The molecule has 0 saturated heterocycles. The zero-order valence-corrected chi connectivity index (χ0v) is 41.7. The van der Waals surface area contributed by atoms with Crippen molar-refractivity contribution in [3.63, 3.8) is 0 Å². The summed E-state index contributed by atoms with van der Waals surface area (Å²) in [4.78, 5) is 0. The third-order valence-corrected chi connectivity index (χ3v) is 37.0. The van der Waals surface area contributed by atoms with Gasteiger partial charge in [-0.2, -0.15) is 0 Å². The molecular weight excluding hydrogens is 697 g/mol. The molecule has 0 amide bonds. The van der Waals surface area contributed by atoms with Crippen molar-refractivity contribution in [2.75, 3.05) is 0 Å². The number of hydrogen-bond acceptors (Lipinski definition) is 6. The van der Waals surface area contributed by atoms with Crippen molar-refractivity contribution in [3.8, 4) is 0 Å². The van der Waals surface area contributed by atoms with E-state index in [2.05, 4.69) is 111 Å². The molecule has 1 fully saturated rings. The second-order valence-electron chi connectivity index (χ2n) is 17.4.